The smallest absolute Gasteiger partial charge is 0.219 e. The van der Waals surface area contributed by atoms with Crippen LogP contribution in [0.1, 0.15) is 24.6 Å². The molecule has 4 aromatic rings. The molecule has 174 valence electrons. The van der Waals surface area contributed by atoms with Gasteiger partial charge in [-0.3, -0.25) is 9.78 Å². The van der Waals surface area contributed by atoms with Gasteiger partial charge in [0, 0.05) is 17.8 Å². The van der Waals surface area contributed by atoms with E-state index >= 15 is 0 Å². The number of aromatic nitrogens is 3. The van der Waals surface area contributed by atoms with Gasteiger partial charge in [0.15, 0.2) is 0 Å². The topological polar surface area (TPSA) is 98.3 Å². The maximum atomic E-state index is 11.5. The van der Waals surface area contributed by atoms with E-state index in [2.05, 4.69) is 25.6 Å². The third-order valence-electron chi connectivity index (χ3n) is 5.18. The van der Waals surface area contributed by atoms with Gasteiger partial charge in [-0.05, 0) is 61.9 Å². The van der Waals surface area contributed by atoms with Crippen molar-refractivity contribution >= 4 is 28.3 Å². The van der Waals surface area contributed by atoms with Crippen molar-refractivity contribution in [2.24, 2.45) is 0 Å². The molecule has 2 heterocycles. The summed E-state index contributed by atoms with van der Waals surface area (Å²) >= 11 is 0. The van der Waals surface area contributed by atoms with Crippen LogP contribution < -0.4 is 20.1 Å². The van der Waals surface area contributed by atoms with Gasteiger partial charge >= 0.3 is 0 Å². The number of anilines is 2. The molecule has 34 heavy (non-hydrogen) atoms. The minimum absolute atomic E-state index is 0.00588. The average Bonchev–Trinajstić information content (AvgIpc) is 2.84. The van der Waals surface area contributed by atoms with E-state index in [0.29, 0.717) is 36.9 Å². The van der Waals surface area contributed by atoms with Gasteiger partial charge in [0.1, 0.15) is 36.0 Å². The number of rotatable bonds is 9. The number of benzene rings is 2. The number of carbonyl (C=O) groups is 1. The molecule has 2 aromatic carbocycles. The Morgan fingerprint density at radius 1 is 1.00 bits per heavy atom. The van der Waals surface area contributed by atoms with Crippen LogP contribution in [0.4, 0.5) is 11.5 Å². The third-order valence-corrected chi connectivity index (χ3v) is 5.18. The summed E-state index contributed by atoms with van der Waals surface area (Å²) in [6.45, 7) is 6.51. The summed E-state index contributed by atoms with van der Waals surface area (Å²) in [6.07, 6.45) is 3.68. The molecule has 0 aliphatic rings. The van der Waals surface area contributed by atoms with Crippen molar-refractivity contribution in [3.8, 4) is 17.2 Å². The lowest BCUT2D eigenvalue weighted by molar-refractivity contribution is -0.120. The molecule has 0 fully saturated rings. The zero-order chi connectivity index (χ0) is 23.9. The molecule has 0 saturated carbocycles. The number of fused-ring (bicyclic) bond motifs is 1. The first kappa shape index (κ1) is 23.0. The van der Waals surface area contributed by atoms with Crippen LogP contribution in [0.3, 0.4) is 0 Å². The zero-order valence-corrected chi connectivity index (χ0v) is 19.5. The van der Waals surface area contributed by atoms with Crippen LogP contribution in [0.5, 0.6) is 17.2 Å². The fourth-order valence-corrected chi connectivity index (χ4v) is 3.39. The zero-order valence-electron chi connectivity index (χ0n) is 19.5. The number of hydrogen-bond acceptors (Lipinski definition) is 7. The van der Waals surface area contributed by atoms with Crippen molar-refractivity contribution in [1.82, 2.24) is 20.3 Å². The molecule has 0 spiro atoms. The summed E-state index contributed by atoms with van der Waals surface area (Å²) in [7, 11) is 0. The molecule has 0 radical (unpaired) electrons. The molecule has 2 N–H and O–H groups in total. The van der Waals surface area contributed by atoms with Crippen molar-refractivity contribution in [1.29, 1.82) is 0 Å². The molecular formula is C26H27N5O3. The number of nitrogens with zero attached hydrogens (tertiary/aromatic N) is 3. The van der Waals surface area contributed by atoms with E-state index < -0.39 is 0 Å². The Balaban J connectivity index is 1.52. The second-order valence-corrected chi connectivity index (χ2v) is 7.77. The van der Waals surface area contributed by atoms with Crippen molar-refractivity contribution in [3.63, 3.8) is 0 Å². The number of aryl methyl sites for hydroxylation is 2. The van der Waals surface area contributed by atoms with Gasteiger partial charge in [-0.1, -0.05) is 13.0 Å². The summed E-state index contributed by atoms with van der Waals surface area (Å²) in [5, 5.41) is 6.96. The highest BCUT2D eigenvalue weighted by atomic mass is 16.5. The minimum atomic E-state index is -0.00588. The highest BCUT2D eigenvalue weighted by molar-refractivity contribution is 5.95. The first-order valence-electron chi connectivity index (χ1n) is 11.1. The van der Waals surface area contributed by atoms with Crippen molar-refractivity contribution in [2.45, 2.75) is 27.2 Å². The van der Waals surface area contributed by atoms with Crippen LogP contribution in [-0.4, -0.2) is 34.0 Å². The number of carbonyl (C=O) groups excluding carboxylic acids is 1. The van der Waals surface area contributed by atoms with E-state index in [4.69, 9.17) is 9.47 Å². The molecule has 0 bridgehead atoms. The summed E-state index contributed by atoms with van der Waals surface area (Å²) < 4.78 is 11.9. The molecule has 0 aliphatic heterocycles. The molecule has 0 aliphatic carbocycles. The van der Waals surface area contributed by atoms with Crippen molar-refractivity contribution in [3.05, 3.63) is 72.3 Å². The first-order valence-corrected chi connectivity index (χ1v) is 11.1. The average molecular weight is 458 g/mol. The van der Waals surface area contributed by atoms with E-state index in [0.717, 1.165) is 33.6 Å². The highest BCUT2D eigenvalue weighted by Gasteiger charge is 2.12. The van der Waals surface area contributed by atoms with Crippen LogP contribution in [0.25, 0.3) is 10.9 Å². The van der Waals surface area contributed by atoms with E-state index in [1.165, 1.54) is 6.33 Å². The fraction of sp³-hybridized carbons (Fsp3) is 0.231. The van der Waals surface area contributed by atoms with Gasteiger partial charge in [0.05, 0.1) is 23.6 Å². The number of nitrogens with one attached hydrogen (secondary N) is 2. The molecule has 0 saturated heterocycles. The molecule has 4 rings (SSSR count). The summed E-state index contributed by atoms with van der Waals surface area (Å²) in [5.41, 5.74) is 3.52. The summed E-state index contributed by atoms with van der Waals surface area (Å²) in [5.74, 6) is 2.72. The molecule has 8 heteroatoms. The van der Waals surface area contributed by atoms with Crippen LogP contribution in [0.2, 0.25) is 0 Å². The van der Waals surface area contributed by atoms with Crippen LogP contribution >= 0.6 is 0 Å². The van der Waals surface area contributed by atoms with Crippen LogP contribution in [-0.2, 0) is 4.79 Å². The Morgan fingerprint density at radius 3 is 2.65 bits per heavy atom. The second kappa shape index (κ2) is 10.6. The molecule has 0 unspecified atom stereocenters. The van der Waals surface area contributed by atoms with Gasteiger partial charge in [-0.25, -0.2) is 9.97 Å². The van der Waals surface area contributed by atoms with E-state index in [-0.39, 0.29) is 5.91 Å². The third kappa shape index (κ3) is 5.58. The standard InChI is InChI=1S/C26H27N5O3/c1-4-24(32)27-12-13-33-23-7-5-6-21-25(23)26(30-16-29-21)31-19-9-11-22(17(2)14-19)34-20-10-8-18(3)28-15-20/h5-11,14-16H,4,12-13H2,1-3H3,(H,27,32)(H,29,30,31). The Hall–Kier alpha value is -4.20. The van der Waals surface area contributed by atoms with Gasteiger partial charge in [-0.15, -0.1) is 0 Å². The lowest BCUT2D eigenvalue weighted by Crippen LogP contribution is -2.27. The predicted molar refractivity (Wildman–Crippen MR) is 132 cm³/mol. The molecule has 1 amide bonds. The quantitative estimate of drug-likeness (QED) is 0.338. The Bertz CT molecular complexity index is 1290. The monoisotopic (exact) mass is 457 g/mol. The summed E-state index contributed by atoms with van der Waals surface area (Å²) in [6, 6.07) is 15.3. The number of amides is 1. The largest absolute Gasteiger partial charge is 0.491 e. The number of pyridine rings is 1. The Kier molecular flexibility index (Phi) is 7.17. The summed E-state index contributed by atoms with van der Waals surface area (Å²) in [4.78, 5) is 24.5. The minimum Gasteiger partial charge on any atom is -0.491 e. The lowest BCUT2D eigenvalue weighted by atomic mass is 10.1. The Morgan fingerprint density at radius 2 is 1.88 bits per heavy atom. The number of ether oxygens (including phenoxy) is 2. The van der Waals surface area contributed by atoms with Crippen LogP contribution in [0.15, 0.2) is 61.1 Å². The second-order valence-electron chi connectivity index (χ2n) is 7.77. The molecule has 0 atom stereocenters. The van der Waals surface area contributed by atoms with E-state index in [9.17, 15) is 4.79 Å². The maximum Gasteiger partial charge on any atom is 0.219 e. The number of hydrogen-bond donors (Lipinski definition) is 2. The fourth-order valence-electron chi connectivity index (χ4n) is 3.39. The van der Waals surface area contributed by atoms with Crippen molar-refractivity contribution < 1.29 is 14.3 Å². The Labute approximate surface area is 198 Å². The predicted octanol–water partition coefficient (Wildman–Crippen LogP) is 5.08. The van der Waals surface area contributed by atoms with Crippen molar-refractivity contribution in [2.75, 3.05) is 18.5 Å². The van der Waals surface area contributed by atoms with E-state index in [1.54, 1.807) is 6.20 Å². The first-order chi connectivity index (χ1) is 16.5. The van der Waals surface area contributed by atoms with Gasteiger partial charge < -0.3 is 20.1 Å². The molecular weight excluding hydrogens is 430 g/mol. The van der Waals surface area contributed by atoms with Gasteiger partial charge in [0.2, 0.25) is 5.91 Å². The molecule has 8 nitrogen and oxygen atoms in total. The van der Waals surface area contributed by atoms with Crippen LogP contribution in [0, 0.1) is 13.8 Å². The van der Waals surface area contributed by atoms with E-state index in [1.807, 2.05) is 69.3 Å². The lowest BCUT2D eigenvalue weighted by Gasteiger charge is -2.14. The maximum absolute atomic E-state index is 11.5. The molecule has 2 aromatic heterocycles. The highest BCUT2D eigenvalue weighted by Crippen LogP contribution is 2.33. The van der Waals surface area contributed by atoms with Gasteiger partial charge in [0.25, 0.3) is 0 Å². The SMILES string of the molecule is CCC(=O)NCCOc1cccc2ncnc(Nc3ccc(Oc4ccc(C)nc4)c(C)c3)c12. The normalized spacial score (nSPS) is 10.7. The van der Waals surface area contributed by atoms with Gasteiger partial charge in [-0.2, -0.15) is 0 Å².